The zero-order valence-corrected chi connectivity index (χ0v) is 10.8. The zero-order valence-electron chi connectivity index (χ0n) is 9.62. The SMILES string of the molecule is Cc1c(NC2CCCC2)cccc1C(=O)P. The van der Waals surface area contributed by atoms with E-state index in [9.17, 15) is 4.79 Å². The number of hydrogen-bond acceptors (Lipinski definition) is 2. The van der Waals surface area contributed by atoms with Gasteiger partial charge in [-0.25, -0.2) is 0 Å². The summed E-state index contributed by atoms with van der Waals surface area (Å²) in [6, 6.07) is 6.48. The van der Waals surface area contributed by atoms with Crippen LogP contribution in [0.5, 0.6) is 0 Å². The summed E-state index contributed by atoms with van der Waals surface area (Å²) in [6.45, 7) is 2.01. The van der Waals surface area contributed by atoms with Crippen molar-refractivity contribution in [3.8, 4) is 0 Å². The highest BCUT2D eigenvalue weighted by atomic mass is 31.0. The third-order valence-electron chi connectivity index (χ3n) is 3.31. The summed E-state index contributed by atoms with van der Waals surface area (Å²) >= 11 is 0. The first-order valence-corrected chi connectivity index (χ1v) is 6.42. The minimum absolute atomic E-state index is 0.0626. The zero-order chi connectivity index (χ0) is 11.5. The van der Waals surface area contributed by atoms with Crippen molar-refractivity contribution in [2.45, 2.75) is 38.6 Å². The molecule has 0 spiro atoms. The molecule has 1 aliphatic carbocycles. The van der Waals surface area contributed by atoms with Gasteiger partial charge in [0.15, 0.2) is 5.52 Å². The van der Waals surface area contributed by atoms with Crippen molar-refractivity contribution in [1.82, 2.24) is 0 Å². The predicted octanol–water partition coefficient (Wildman–Crippen LogP) is 3.36. The first-order valence-electron chi connectivity index (χ1n) is 5.84. The standard InChI is InChI=1S/C13H18NOP/c1-9-11(13(15)16)7-4-8-12(9)14-10-5-2-3-6-10/h4,7-8,10,14H,2-3,5-6,16H2,1H3. The third-order valence-corrected chi connectivity index (χ3v) is 3.63. The van der Waals surface area contributed by atoms with Crippen LogP contribution in [0, 0.1) is 6.92 Å². The van der Waals surface area contributed by atoms with E-state index in [4.69, 9.17) is 0 Å². The highest BCUT2D eigenvalue weighted by Crippen LogP contribution is 2.26. The lowest BCUT2D eigenvalue weighted by Crippen LogP contribution is -2.15. The Morgan fingerprint density at radius 1 is 1.38 bits per heavy atom. The van der Waals surface area contributed by atoms with E-state index in [0.29, 0.717) is 6.04 Å². The number of carbonyl (C=O) groups excluding carboxylic acids is 1. The molecule has 2 rings (SSSR count). The van der Waals surface area contributed by atoms with E-state index < -0.39 is 0 Å². The Balaban J connectivity index is 2.20. The highest BCUT2D eigenvalue weighted by molar-refractivity contribution is 7.41. The van der Waals surface area contributed by atoms with Gasteiger partial charge in [-0.05, 0) is 31.4 Å². The summed E-state index contributed by atoms with van der Waals surface area (Å²) in [6.07, 6.45) is 5.13. The van der Waals surface area contributed by atoms with Crippen LogP contribution in [0.4, 0.5) is 5.69 Å². The minimum atomic E-state index is 0.0626. The largest absolute Gasteiger partial charge is 0.382 e. The Bertz CT molecular complexity index is 397. The van der Waals surface area contributed by atoms with Gasteiger partial charge in [-0.3, -0.25) is 4.79 Å². The monoisotopic (exact) mass is 235 g/mol. The van der Waals surface area contributed by atoms with Gasteiger partial charge in [0.1, 0.15) is 0 Å². The molecule has 0 radical (unpaired) electrons. The van der Waals surface area contributed by atoms with Crippen molar-refractivity contribution < 1.29 is 4.79 Å². The molecule has 1 N–H and O–H groups in total. The number of hydrogen-bond donors (Lipinski definition) is 1. The van der Waals surface area contributed by atoms with Gasteiger partial charge in [-0.1, -0.05) is 34.2 Å². The molecule has 0 aliphatic heterocycles. The number of carbonyl (C=O) groups is 1. The second kappa shape index (κ2) is 4.97. The molecule has 3 heteroatoms. The molecule has 0 saturated heterocycles. The van der Waals surface area contributed by atoms with Crippen LogP contribution in [0.25, 0.3) is 0 Å². The van der Waals surface area contributed by atoms with Crippen LogP contribution in [0.1, 0.15) is 41.6 Å². The van der Waals surface area contributed by atoms with E-state index in [1.54, 1.807) is 0 Å². The fourth-order valence-corrected chi connectivity index (χ4v) is 2.66. The van der Waals surface area contributed by atoms with E-state index in [0.717, 1.165) is 16.8 Å². The molecule has 0 heterocycles. The summed E-state index contributed by atoms with van der Waals surface area (Å²) in [5.41, 5.74) is 3.04. The molecule has 1 aromatic rings. The Morgan fingerprint density at radius 3 is 2.69 bits per heavy atom. The summed E-state index contributed by atoms with van der Waals surface area (Å²) < 4.78 is 0. The van der Waals surface area contributed by atoms with Gasteiger partial charge in [0, 0.05) is 17.3 Å². The quantitative estimate of drug-likeness (QED) is 0.814. The summed E-state index contributed by atoms with van der Waals surface area (Å²) in [5, 5.41) is 3.54. The molecule has 1 saturated carbocycles. The van der Waals surface area contributed by atoms with Crippen LogP contribution in [0.3, 0.4) is 0 Å². The van der Waals surface area contributed by atoms with Crippen LogP contribution >= 0.6 is 9.24 Å². The van der Waals surface area contributed by atoms with Crippen LogP contribution in [-0.2, 0) is 0 Å². The minimum Gasteiger partial charge on any atom is -0.382 e. The van der Waals surface area contributed by atoms with E-state index >= 15 is 0 Å². The lowest BCUT2D eigenvalue weighted by atomic mass is 10.1. The predicted molar refractivity (Wildman–Crippen MR) is 71.1 cm³/mol. The van der Waals surface area contributed by atoms with Crippen molar-refractivity contribution in [1.29, 1.82) is 0 Å². The fraction of sp³-hybridized carbons (Fsp3) is 0.462. The summed E-state index contributed by atoms with van der Waals surface area (Å²) in [5.74, 6) is 0. The first-order chi connectivity index (χ1) is 7.68. The molecule has 1 aliphatic rings. The average molecular weight is 235 g/mol. The molecule has 0 aromatic heterocycles. The van der Waals surface area contributed by atoms with E-state index in [1.165, 1.54) is 25.7 Å². The van der Waals surface area contributed by atoms with E-state index in [-0.39, 0.29) is 5.52 Å². The maximum Gasteiger partial charge on any atom is 0.178 e. The molecule has 16 heavy (non-hydrogen) atoms. The highest BCUT2D eigenvalue weighted by Gasteiger charge is 2.16. The molecule has 1 aromatic carbocycles. The van der Waals surface area contributed by atoms with Gasteiger partial charge in [0.2, 0.25) is 0 Å². The third kappa shape index (κ3) is 2.44. The van der Waals surface area contributed by atoms with Gasteiger partial charge in [0.25, 0.3) is 0 Å². The Morgan fingerprint density at radius 2 is 2.06 bits per heavy atom. The number of rotatable bonds is 3. The lowest BCUT2D eigenvalue weighted by molar-refractivity contribution is 0.108. The molecule has 1 fully saturated rings. The van der Waals surface area contributed by atoms with Gasteiger partial charge < -0.3 is 5.32 Å². The van der Waals surface area contributed by atoms with Gasteiger partial charge in [-0.15, -0.1) is 0 Å². The maximum atomic E-state index is 11.4. The second-order valence-electron chi connectivity index (χ2n) is 4.47. The Labute approximate surface area is 99.0 Å². The Hall–Kier alpha value is -0.880. The molecule has 1 atom stereocenters. The van der Waals surface area contributed by atoms with Crippen LogP contribution in [0.15, 0.2) is 18.2 Å². The number of anilines is 1. The van der Waals surface area contributed by atoms with Crippen LogP contribution < -0.4 is 5.32 Å². The van der Waals surface area contributed by atoms with Crippen molar-refractivity contribution in [3.05, 3.63) is 29.3 Å². The molecule has 0 bridgehead atoms. The molecule has 1 unspecified atom stereocenters. The Kier molecular flexibility index (Phi) is 3.60. The van der Waals surface area contributed by atoms with Crippen molar-refractivity contribution in [3.63, 3.8) is 0 Å². The van der Waals surface area contributed by atoms with Gasteiger partial charge >= 0.3 is 0 Å². The van der Waals surface area contributed by atoms with E-state index in [1.807, 2.05) is 19.1 Å². The molecule has 86 valence electrons. The number of nitrogens with one attached hydrogen (secondary N) is 1. The first kappa shape index (κ1) is 11.6. The van der Waals surface area contributed by atoms with Gasteiger partial charge in [0.05, 0.1) is 0 Å². The van der Waals surface area contributed by atoms with Crippen molar-refractivity contribution in [2.24, 2.45) is 0 Å². The normalized spacial score (nSPS) is 16.4. The molecule has 0 amide bonds. The molecule has 2 nitrogen and oxygen atoms in total. The average Bonchev–Trinajstić information content (AvgIpc) is 2.73. The maximum absolute atomic E-state index is 11.4. The van der Waals surface area contributed by atoms with E-state index in [2.05, 4.69) is 20.6 Å². The number of benzene rings is 1. The van der Waals surface area contributed by atoms with Crippen LogP contribution in [-0.4, -0.2) is 11.6 Å². The topological polar surface area (TPSA) is 29.1 Å². The smallest absolute Gasteiger partial charge is 0.178 e. The molecular weight excluding hydrogens is 217 g/mol. The second-order valence-corrected chi connectivity index (χ2v) is 4.99. The summed E-state index contributed by atoms with van der Waals surface area (Å²) in [7, 11) is 2.24. The van der Waals surface area contributed by atoms with Gasteiger partial charge in [-0.2, -0.15) is 0 Å². The summed E-state index contributed by atoms with van der Waals surface area (Å²) in [4.78, 5) is 11.4. The van der Waals surface area contributed by atoms with Crippen LogP contribution in [0.2, 0.25) is 0 Å². The van der Waals surface area contributed by atoms with Crippen molar-refractivity contribution in [2.75, 3.05) is 5.32 Å². The lowest BCUT2D eigenvalue weighted by Gasteiger charge is -2.16. The fourth-order valence-electron chi connectivity index (χ4n) is 2.35. The molecular formula is C13H18NOP. The van der Waals surface area contributed by atoms with Crippen molar-refractivity contribution >= 4 is 20.5 Å².